The SMILES string of the molecule is O=C(NCc1ncc(-c2ccc(Cl)cc2)[nH]1)c1ccc([N+](=O)[O-])o1. The Morgan fingerprint density at radius 3 is 2.71 bits per heavy atom. The van der Waals surface area contributed by atoms with E-state index in [9.17, 15) is 14.9 Å². The number of nitrogens with zero attached hydrogens (tertiary/aromatic N) is 2. The van der Waals surface area contributed by atoms with Gasteiger partial charge in [-0.2, -0.15) is 0 Å². The minimum Gasteiger partial charge on any atom is -0.395 e. The van der Waals surface area contributed by atoms with E-state index in [0.717, 1.165) is 17.3 Å². The summed E-state index contributed by atoms with van der Waals surface area (Å²) < 4.78 is 4.83. The number of hydrogen-bond donors (Lipinski definition) is 2. The van der Waals surface area contributed by atoms with Gasteiger partial charge >= 0.3 is 5.88 Å². The predicted octanol–water partition coefficient (Wildman–Crippen LogP) is 3.16. The number of H-pyrrole nitrogens is 1. The van der Waals surface area contributed by atoms with Gasteiger partial charge in [0.1, 0.15) is 10.7 Å². The van der Waals surface area contributed by atoms with Crippen LogP contribution in [0.25, 0.3) is 11.3 Å². The number of furan rings is 1. The number of carbonyl (C=O) groups is 1. The van der Waals surface area contributed by atoms with Crippen LogP contribution in [0.3, 0.4) is 0 Å². The zero-order chi connectivity index (χ0) is 17.1. The van der Waals surface area contributed by atoms with E-state index in [-0.39, 0.29) is 12.3 Å². The third-order valence-corrected chi connectivity index (χ3v) is 3.45. The van der Waals surface area contributed by atoms with Gasteiger partial charge < -0.3 is 14.7 Å². The largest absolute Gasteiger partial charge is 0.433 e. The van der Waals surface area contributed by atoms with Crippen LogP contribution in [0.1, 0.15) is 16.4 Å². The van der Waals surface area contributed by atoms with Crippen molar-refractivity contribution in [1.29, 1.82) is 0 Å². The minimum atomic E-state index is -0.707. The summed E-state index contributed by atoms with van der Waals surface area (Å²) in [5.41, 5.74) is 1.69. The molecule has 0 atom stereocenters. The summed E-state index contributed by atoms with van der Waals surface area (Å²) in [7, 11) is 0. The third-order valence-electron chi connectivity index (χ3n) is 3.20. The number of aromatic nitrogens is 2. The molecule has 9 heteroatoms. The third kappa shape index (κ3) is 3.44. The van der Waals surface area contributed by atoms with Gasteiger partial charge in [0.05, 0.1) is 24.5 Å². The highest BCUT2D eigenvalue weighted by Crippen LogP contribution is 2.20. The molecular formula is C15H11ClN4O4. The summed E-state index contributed by atoms with van der Waals surface area (Å²) in [6, 6.07) is 9.60. The van der Waals surface area contributed by atoms with Gasteiger partial charge in [-0.25, -0.2) is 4.98 Å². The van der Waals surface area contributed by atoms with Gasteiger partial charge in [0.25, 0.3) is 5.91 Å². The molecule has 122 valence electrons. The van der Waals surface area contributed by atoms with Crippen molar-refractivity contribution in [3.63, 3.8) is 0 Å². The average molecular weight is 347 g/mol. The van der Waals surface area contributed by atoms with Crippen LogP contribution in [-0.4, -0.2) is 20.8 Å². The Hall–Kier alpha value is -3.13. The maximum Gasteiger partial charge on any atom is 0.433 e. The van der Waals surface area contributed by atoms with E-state index in [1.807, 2.05) is 12.1 Å². The molecule has 1 aromatic carbocycles. The first kappa shape index (κ1) is 15.8. The molecule has 3 rings (SSSR count). The van der Waals surface area contributed by atoms with Gasteiger partial charge in [-0.05, 0) is 23.8 Å². The van der Waals surface area contributed by atoms with Gasteiger partial charge in [-0.15, -0.1) is 0 Å². The summed E-state index contributed by atoms with van der Waals surface area (Å²) in [5.74, 6) is -0.642. The second-order valence-corrected chi connectivity index (χ2v) is 5.26. The lowest BCUT2D eigenvalue weighted by atomic mass is 10.2. The van der Waals surface area contributed by atoms with Crippen molar-refractivity contribution in [3.05, 3.63) is 69.3 Å². The molecule has 2 aromatic heterocycles. The fourth-order valence-corrected chi connectivity index (χ4v) is 2.15. The molecule has 0 aliphatic heterocycles. The fraction of sp³-hybridized carbons (Fsp3) is 0.0667. The Morgan fingerprint density at radius 1 is 1.29 bits per heavy atom. The number of rotatable bonds is 5. The van der Waals surface area contributed by atoms with Crippen LogP contribution in [0.4, 0.5) is 5.88 Å². The number of nitro groups is 1. The molecule has 0 saturated carbocycles. The molecule has 0 radical (unpaired) electrons. The first-order valence-electron chi connectivity index (χ1n) is 6.85. The number of carbonyl (C=O) groups excluding carboxylic acids is 1. The van der Waals surface area contributed by atoms with Crippen LogP contribution in [0.15, 0.2) is 47.0 Å². The topological polar surface area (TPSA) is 114 Å². The van der Waals surface area contributed by atoms with Gasteiger partial charge in [0, 0.05) is 5.02 Å². The lowest BCUT2D eigenvalue weighted by Crippen LogP contribution is -2.22. The summed E-state index contributed by atoms with van der Waals surface area (Å²) in [4.78, 5) is 29.0. The maximum atomic E-state index is 11.9. The van der Waals surface area contributed by atoms with Gasteiger partial charge in [-0.3, -0.25) is 14.9 Å². The van der Waals surface area contributed by atoms with E-state index in [1.165, 1.54) is 6.07 Å². The van der Waals surface area contributed by atoms with E-state index >= 15 is 0 Å². The summed E-state index contributed by atoms with van der Waals surface area (Å²) in [6.45, 7) is 0.126. The number of amides is 1. The molecule has 1 amide bonds. The highest BCUT2D eigenvalue weighted by Gasteiger charge is 2.17. The molecule has 0 fully saturated rings. The summed E-state index contributed by atoms with van der Waals surface area (Å²) in [6.07, 6.45) is 1.64. The molecule has 2 N–H and O–H groups in total. The molecule has 0 unspecified atom stereocenters. The number of hydrogen-bond acceptors (Lipinski definition) is 5. The van der Waals surface area contributed by atoms with Gasteiger partial charge in [-0.1, -0.05) is 23.7 Å². The Labute approximate surface area is 140 Å². The highest BCUT2D eigenvalue weighted by atomic mass is 35.5. The van der Waals surface area contributed by atoms with Crippen LogP contribution < -0.4 is 5.32 Å². The quantitative estimate of drug-likeness (QED) is 0.544. The van der Waals surface area contributed by atoms with Crippen molar-refractivity contribution in [2.24, 2.45) is 0 Å². The summed E-state index contributed by atoms with van der Waals surface area (Å²) >= 11 is 5.84. The number of halogens is 1. The van der Waals surface area contributed by atoms with Crippen molar-refractivity contribution in [2.45, 2.75) is 6.54 Å². The zero-order valence-corrected chi connectivity index (χ0v) is 12.9. The highest BCUT2D eigenvalue weighted by molar-refractivity contribution is 6.30. The van der Waals surface area contributed by atoms with Crippen LogP contribution in [0.2, 0.25) is 5.02 Å². The second-order valence-electron chi connectivity index (χ2n) is 4.83. The Balaban J connectivity index is 1.63. The van der Waals surface area contributed by atoms with Crippen molar-refractivity contribution in [3.8, 4) is 11.3 Å². The molecule has 8 nitrogen and oxygen atoms in total. The molecule has 0 saturated heterocycles. The Morgan fingerprint density at radius 2 is 2.04 bits per heavy atom. The molecule has 3 aromatic rings. The maximum absolute atomic E-state index is 11.9. The first-order valence-corrected chi connectivity index (χ1v) is 7.23. The van der Waals surface area contributed by atoms with Gasteiger partial charge in [0.2, 0.25) is 0 Å². The molecule has 2 heterocycles. The molecule has 0 spiro atoms. The van der Waals surface area contributed by atoms with E-state index in [1.54, 1.807) is 18.3 Å². The lowest BCUT2D eigenvalue weighted by Gasteiger charge is -2.00. The van der Waals surface area contributed by atoms with Crippen molar-refractivity contribution in [2.75, 3.05) is 0 Å². The molecule has 0 aliphatic rings. The molecular weight excluding hydrogens is 336 g/mol. The van der Waals surface area contributed by atoms with E-state index in [0.29, 0.717) is 10.8 Å². The number of aromatic amines is 1. The number of imidazole rings is 1. The van der Waals surface area contributed by atoms with Crippen LogP contribution in [0.5, 0.6) is 0 Å². The standard InChI is InChI=1S/C15H11ClN4O4/c16-10-3-1-9(2-4-10)11-7-17-13(19-11)8-18-15(21)12-5-6-14(24-12)20(22)23/h1-7H,8H2,(H,17,19)(H,18,21). The zero-order valence-electron chi connectivity index (χ0n) is 12.2. The average Bonchev–Trinajstić information content (AvgIpc) is 3.23. The lowest BCUT2D eigenvalue weighted by molar-refractivity contribution is -0.402. The normalized spacial score (nSPS) is 10.5. The molecule has 0 bridgehead atoms. The fourth-order valence-electron chi connectivity index (χ4n) is 2.03. The predicted molar refractivity (Wildman–Crippen MR) is 85.6 cm³/mol. The summed E-state index contributed by atoms with van der Waals surface area (Å²) in [5, 5.41) is 13.7. The number of benzene rings is 1. The van der Waals surface area contributed by atoms with Crippen LogP contribution in [0, 0.1) is 10.1 Å². The molecule has 0 aliphatic carbocycles. The number of nitrogens with one attached hydrogen (secondary N) is 2. The van der Waals surface area contributed by atoms with E-state index < -0.39 is 16.7 Å². The first-order chi connectivity index (χ1) is 11.5. The minimum absolute atomic E-state index is 0.126. The Bertz CT molecular complexity index is 885. The van der Waals surface area contributed by atoms with Crippen LogP contribution >= 0.6 is 11.6 Å². The second kappa shape index (κ2) is 6.55. The monoisotopic (exact) mass is 346 g/mol. The van der Waals surface area contributed by atoms with Crippen molar-refractivity contribution < 1.29 is 14.1 Å². The van der Waals surface area contributed by atoms with E-state index in [4.69, 9.17) is 16.0 Å². The smallest absolute Gasteiger partial charge is 0.395 e. The van der Waals surface area contributed by atoms with Crippen LogP contribution in [-0.2, 0) is 6.54 Å². The van der Waals surface area contributed by atoms with Gasteiger partial charge in [0.15, 0.2) is 5.76 Å². The molecule has 24 heavy (non-hydrogen) atoms. The van der Waals surface area contributed by atoms with Crippen molar-refractivity contribution >= 4 is 23.4 Å². The van der Waals surface area contributed by atoms with E-state index in [2.05, 4.69) is 15.3 Å². The Kier molecular flexibility index (Phi) is 4.30. The van der Waals surface area contributed by atoms with Crippen molar-refractivity contribution in [1.82, 2.24) is 15.3 Å².